The van der Waals surface area contributed by atoms with E-state index in [0.29, 0.717) is 0 Å². The van der Waals surface area contributed by atoms with E-state index in [9.17, 15) is 0 Å². The van der Waals surface area contributed by atoms with Crippen LogP contribution in [0.15, 0.2) is 12.7 Å². The summed E-state index contributed by atoms with van der Waals surface area (Å²) in [5, 5.41) is 0. The molecule has 1 unspecified atom stereocenters. The van der Waals surface area contributed by atoms with Crippen LogP contribution in [-0.4, -0.2) is 8.07 Å². The van der Waals surface area contributed by atoms with Crippen LogP contribution in [-0.2, 0) is 0 Å². The zero-order valence-electron chi connectivity index (χ0n) is 7.07. The van der Waals surface area contributed by atoms with Crippen LogP contribution in [0.25, 0.3) is 0 Å². The average molecular weight is 142 g/mol. The second-order valence-electron chi connectivity index (χ2n) is 3.62. The van der Waals surface area contributed by atoms with Crippen LogP contribution in [0.1, 0.15) is 13.3 Å². The van der Waals surface area contributed by atoms with Gasteiger partial charge in [-0.3, -0.25) is 0 Å². The second-order valence-corrected chi connectivity index (χ2v) is 9.09. The summed E-state index contributed by atoms with van der Waals surface area (Å²) in [5.74, 6) is 0. The van der Waals surface area contributed by atoms with Gasteiger partial charge in [-0.2, -0.15) is 0 Å². The molecule has 0 radical (unpaired) electrons. The quantitative estimate of drug-likeness (QED) is 0.419. The minimum atomic E-state index is -0.905. The van der Waals surface area contributed by atoms with Gasteiger partial charge in [-0.25, -0.2) is 0 Å². The fourth-order valence-corrected chi connectivity index (χ4v) is 3.06. The van der Waals surface area contributed by atoms with Gasteiger partial charge in [0.05, 0.1) is 8.07 Å². The predicted molar refractivity (Wildman–Crippen MR) is 47.6 cm³/mol. The Balaban J connectivity index is 3.94. The van der Waals surface area contributed by atoms with Gasteiger partial charge in [-0.15, -0.1) is 6.58 Å². The third-order valence-corrected chi connectivity index (χ3v) is 4.71. The first-order chi connectivity index (χ1) is 4.02. The van der Waals surface area contributed by atoms with Gasteiger partial charge in [0.15, 0.2) is 0 Å². The largest absolute Gasteiger partial charge is 0.103 e. The van der Waals surface area contributed by atoms with Gasteiger partial charge < -0.3 is 0 Å². The molecule has 54 valence electrons. The molecule has 0 spiro atoms. The summed E-state index contributed by atoms with van der Waals surface area (Å²) < 4.78 is 0. The van der Waals surface area contributed by atoms with Crippen LogP contribution in [0.4, 0.5) is 0 Å². The summed E-state index contributed by atoms with van der Waals surface area (Å²) in [6.45, 7) is 13.2. The summed E-state index contributed by atoms with van der Waals surface area (Å²) in [4.78, 5) is 0. The molecule has 0 aliphatic carbocycles. The maximum Gasteiger partial charge on any atom is 0.0513 e. The first-order valence-electron chi connectivity index (χ1n) is 3.65. The Hall–Kier alpha value is -0.0431. The number of hydrogen-bond donors (Lipinski definition) is 0. The molecule has 0 nitrogen and oxygen atoms in total. The monoisotopic (exact) mass is 142 g/mol. The fraction of sp³-hybridized carbons (Fsp3) is 0.750. The van der Waals surface area contributed by atoms with Crippen molar-refractivity contribution >= 4 is 8.07 Å². The van der Waals surface area contributed by atoms with Gasteiger partial charge in [-0.1, -0.05) is 39.1 Å². The third-order valence-electron chi connectivity index (χ3n) is 1.84. The van der Waals surface area contributed by atoms with Crippen molar-refractivity contribution in [3.63, 3.8) is 0 Å². The average Bonchev–Trinajstić information content (AvgIpc) is 1.65. The van der Waals surface area contributed by atoms with Gasteiger partial charge in [-0.05, 0) is 5.54 Å². The Kier molecular flexibility index (Phi) is 3.19. The molecule has 0 N–H and O–H groups in total. The number of allylic oxidation sites excluding steroid dienone is 1. The normalized spacial score (nSPS) is 15.1. The predicted octanol–water partition coefficient (Wildman–Crippen LogP) is 3.29. The van der Waals surface area contributed by atoms with Crippen molar-refractivity contribution in [1.82, 2.24) is 0 Å². The van der Waals surface area contributed by atoms with Crippen molar-refractivity contribution in [3.8, 4) is 0 Å². The highest BCUT2D eigenvalue weighted by Gasteiger charge is 2.21. The molecule has 0 saturated carbocycles. The van der Waals surface area contributed by atoms with Crippen molar-refractivity contribution in [3.05, 3.63) is 12.7 Å². The SMILES string of the molecule is C=CC(CC)[Si](C)(C)C. The van der Waals surface area contributed by atoms with Gasteiger partial charge in [0.25, 0.3) is 0 Å². The number of rotatable bonds is 3. The maximum absolute atomic E-state index is 3.83. The molecule has 0 heterocycles. The van der Waals surface area contributed by atoms with Crippen molar-refractivity contribution in [2.45, 2.75) is 38.5 Å². The van der Waals surface area contributed by atoms with Crippen molar-refractivity contribution < 1.29 is 0 Å². The van der Waals surface area contributed by atoms with Crippen LogP contribution in [0.2, 0.25) is 25.2 Å². The Morgan fingerprint density at radius 1 is 1.44 bits per heavy atom. The topological polar surface area (TPSA) is 0 Å². The molecule has 0 aromatic carbocycles. The van der Waals surface area contributed by atoms with Crippen LogP contribution < -0.4 is 0 Å². The molecule has 0 saturated heterocycles. The van der Waals surface area contributed by atoms with Crippen LogP contribution in [0.5, 0.6) is 0 Å². The molecule has 0 aliphatic heterocycles. The lowest BCUT2D eigenvalue weighted by Crippen LogP contribution is -2.25. The first-order valence-corrected chi connectivity index (χ1v) is 7.22. The molecule has 0 aromatic rings. The van der Waals surface area contributed by atoms with E-state index in [0.717, 1.165) is 5.54 Å². The lowest BCUT2D eigenvalue weighted by Gasteiger charge is -2.24. The summed E-state index contributed by atoms with van der Waals surface area (Å²) in [6, 6.07) is 0. The van der Waals surface area contributed by atoms with Crippen molar-refractivity contribution in [2.24, 2.45) is 0 Å². The molecule has 9 heavy (non-hydrogen) atoms. The lowest BCUT2D eigenvalue weighted by molar-refractivity contribution is 0.916. The van der Waals surface area contributed by atoms with E-state index in [1.807, 2.05) is 0 Å². The van der Waals surface area contributed by atoms with Crippen LogP contribution >= 0.6 is 0 Å². The second kappa shape index (κ2) is 3.21. The minimum Gasteiger partial charge on any atom is -0.103 e. The van der Waals surface area contributed by atoms with Gasteiger partial charge in [0.1, 0.15) is 0 Å². The molecule has 0 bridgehead atoms. The molecule has 1 atom stereocenters. The molecule has 0 aromatic heterocycles. The molecule has 0 rings (SSSR count). The zero-order chi connectivity index (χ0) is 7.49. The van der Waals surface area contributed by atoms with Crippen molar-refractivity contribution in [2.75, 3.05) is 0 Å². The van der Waals surface area contributed by atoms with E-state index in [1.54, 1.807) is 0 Å². The Morgan fingerprint density at radius 3 is 1.89 bits per heavy atom. The van der Waals surface area contributed by atoms with Crippen LogP contribution in [0.3, 0.4) is 0 Å². The number of hydrogen-bond acceptors (Lipinski definition) is 0. The van der Waals surface area contributed by atoms with E-state index in [-0.39, 0.29) is 0 Å². The summed E-state index contributed by atoms with van der Waals surface area (Å²) in [5.41, 5.74) is 0.803. The first kappa shape index (κ1) is 8.96. The highest BCUT2D eigenvalue weighted by atomic mass is 28.3. The fourth-order valence-electron chi connectivity index (χ4n) is 1.13. The van der Waals surface area contributed by atoms with Gasteiger partial charge >= 0.3 is 0 Å². The van der Waals surface area contributed by atoms with Gasteiger partial charge in [0, 0.05) is 0 Å². The molecular weight excluding hydrogens is 124 g/mol. The summed E-state index contributed by atoms with van der Waals surface area (Å²) >= 11 is 0. The van der Waals surface area contributed by atoms with E-state index in [2.05, 4.69) is 39.2 Å². The minimum absolute atomic E-state index is 0.803. The molecule has 1 heteroatoms. The lowest BCUT2D eigenvalue weighted by atomic mass is 10.3. The third kappa shape index (κ3) is 2.85. The molecular formula is C8H18Si. The van der Waals surface area contributed by atoms with Crippen molar-refractivity contribution in [1.29, 1.82) is 0 Å². The zero-order valence-corrected chi connectivity index (χ0v) is 8.07. The summed E-state index contributed by atoms with van der Waals surface area (Å²) in [6.07, 6.45) is 3.38. The van der Waals surface area contributed by atoms with E-state index >= 15 is 0 Å². The highest BCUT2D eigenvalue weighted by Crippen LogP contribution is 2.25. The van der Waals surface area contributed by atoms with Crippen LogP contribution in [0, 0.1) is 0 Å². The van der Waals surface area contributed by atoms with Gasteiger partial charge in [0.2, 0.25) is 0 Å². The molecule has 0 aliphatic rings. The Bertz CT molecular complexity index is 89.2. The Morgan fingerprint density at radius 2 is 1.89 bits per heavy atom. The standard InChI is InChI=1S/C8H18Si/c1-6-8(7-2)9(3,4)5/h6,8H,1,7H2,2-5H3. The maximum atomic E-state index is 3.83. The molecule has 0 amide bonds. The highest BCUT2D eigenvalue weighted by molar-refractivity contribution is 6.78. The summed E-state index contributed by atoms with van der Waals surface area (Å²) in [7, 11) is -0.905. The molecule has 0 fully saturated rings. The smallest absolute Gasteiger partial charge is 0.0513 e. The van der Waals surface area contributed by atoms with E-state index < -0.39 is 8.07 Å². The van der Waals surface area contributed by atoms with E-state index in [1.165, 1.54) is 6.42 Å². The van der Waals surface area contributed by atoms with E-state index in [4.69, 9.17) is 0 Å². The Labute approximate surface area is 60.0 Å².